The quantitative estimate of drug-likeness (QED) is 0.510. The van der Waals surface area contributed by atoms with E-state index in [2.05, 4.69) is 15.3 Å². The van der Waals surface area contributed by atoms with Crippen LogP contribution in [-0.2, 0) is 0 Å². The van der Waals surface area contributed by atoms with Gasteiger partial charge >= 0.3 is 6.36 Å². The van der Waals surface area contributed by atoms with Crippen molar-refractivity contribution < 1.29 is 22.7 Å². The van der Waals surface area contributed by atoms with E-state index in [1.54, 1.807) is 23.6 Å². The number of benzene rings is 1. The Labute approximate surface area is 132 Å². The molecule has 0 saturated heterocycles. The number of halogens is 3. The van der Waals surface area contributed by atoms with Gasteiger partial charge in [0.05, 0.1) is 10.6 Å². The molecule has 1 aromatic carbocycles. The van der Waals surface area contributed by atoms with Crippen LogP contribution in [-0.4, -0.2) is 17.9 Å². The third-order valence-corrected chi connectivity index (χ3v) is 3.32. The van der Waals surface area contributed by atoms with Crippen molar-refractivity contribution in [1.82, 2.24) is 0 Å². The number of anilines is 1. The highest BCUT2D eigenvalue weighted by atomic mass is 32.1. The standard InChI is InChI=1S/C14H8F3N3O2S/c15-14(16,17)22-10-5-3-9(4-6-10)19-20-11(8-18)13(21)12-2-1-7-23-12/h1-7,19H/b20-11+. The van der Waals surface area contributed by atoms with E-state index >= 15 is 0 Å². The molecule has 0 aliphatic heterocycles. The molecule has 0 amide bonds. The van der Waals surface area contributed by atoms with Gasteiger partial charge in [0.15, 0.2) is 0 Å². The zero-order valence-electron chi connectivity index (χ0n) is 11.3. The Morgan fingerprint density at radius 1 is 1.26 bits per heavy atom. The summed E-state index contributed by atoms with van der Waals surface area (Å²) in [5, 5.41) is 14.3. The van der Waals surface area contributed by atoms with Gasteiger partial charge in [-0.1, -0.05) is 6.07 Å². The minimum atomic E-state index is -4.77. The van der Waals surface area contributed by atoms with Crippen LogP contribution in [0, 0.1) is 11.3 Å². The third kappa shape index (κ3) is 4.82. The summed E-state index contributed by atoms with van der Waals surface area (Å²) in [5.41, 5.74) is 2.38. The van der Waals surface area contributed by atoms with Crippen molar-refractivity contribution in [2.45, 2.75) is 6.36 Å². The highest BCUT2D eigenvalue weighted by molar-refractivity contribution is 7.13. The topological polar surface area (TPSA) is 74.5 Å². The van der Waals surface area contributed by atoms with Gasteiger partial charge in [0.25, 0.3) is 0 Å². The van der Waals surface area contributed by atoms with E-state index in [-0.39, 0.29) is 11.5 Å². The summed E-state index contributed by atoms with van der Waals surface area (Å²) >= 11 is 1.17. The average molecular weight is 339 g/mol. The molecule has 2 rings (SSSR count). The molecule has 0 aliphatic carbocycles. The second-order valence-corrected chi connectivity index (χ2v) is 5.01. The maximum Gasteiger partial charge on any atom is 0.573 e. The van der Waals surface area contributed by atoms with Gasteiger partial charge in [-0.15, -0.1) is 24.5 Å². The SMILES string of the molecule is N#C/C(=N\Nc1ccc(OC(F)(F)F)cc1)C(=O)c1cccs1. The zero-order valence-corrected chi connectivity index (χ0v) is 12.1. The maximum atomic E-state index is 12.0. The molecule has 9 heteroatoms. The summed E-state index contributed by atoms with van der Waals surface area (Å²) in [7, 11) is 0. The average Bonchev–Trinajstić information content (AvgIpc) is 3.02. The van der Waals surface area contributed by atoms with Crippen molar-refractivity contribution in [3.63, 3.8) is 0 Å². The molecule has 2 aromatic rings. The van der Waals surface area contributed by atoms with Crippen LogP contribution in [0.4, 0.5) is 18.9 Å². The number of ether oxygens (including phenoxy) is 1. The third-order valence-electron chi connectivity index (χ3n) is 2.45. The van der Waals surface area contributed by atoms with Gasteiger partial charge in [0.1, 0.15) is 11.8 Å². The van der Waals surface area contributed by atoms with E-state index < -0.39 is 12.1 Å². The lowest BCUT2D eigenvalue weighted by Gasteiger charge is -2.09. The minimum absolute atomic E-state index is 0.297. The first-order valence-corrected chi connectivity index (χ1v) is 6.95. The number of hydrazone groups is 1. The molecule has 0 aliphatic rings. The molecule has 0 spiro atoms. The Bertz CT molecular complexity index is 747. The normalized spacial score (nSPS) is 11.7. The summed E-state index contributed by atoms with van der Waals surface area (Å²) < 4.78 is 39.8. The number of carbonyl (C=O) groups excluding carboxylic acids is 1. The molecule has 118 valence electrons. The zero-order chi connectivity index (χ0) is 16.9. The number of alkyl halides is 3. The Morgan fingerprint density at radius 2 is 1.96 bits per heavy atom. The van der Waals surface area contributed by atoms with E-state index in [1.807, 2.05) is 0 Å². The molecule has 0 radical (unpaired) electrons. The lowest BCUT2D eigenvalue weighted by Crippen LogP contribution is -2.17. The number of hydrogen-bond donors (Lipinski definition) is 1. The molecule has 5 nitrogen and oxygen atoms in total. The molecule has 0 unspecified atom stereocenters. The molecule has 1 heterocycles. The molecule has 1 N–H and O–H groups in total. The van der Waals surface area contributed by atoms with Crippen molar-refractivity contribution in [3.05, 3.63) is 46.7 Å². The molecule has 23 heavy (non-hydrogen) atoms. The first-order valence-electron chi connectivity index (χ1n) is 6.07. The van der Waals surface area contributed by atoms with Crippen LogP contribution in [0.5, 0.6) is 5.75 Å². The van der Waals surface area contributed by atoms with E-state index in [0.29, 0.717) is 10.6 Å². The monoisotopic (exact) mass is 339 g/mol. The molecular formula is C14H8F3N3O2S. The number of nitriles is 1. The summed E-state index contributed by atoms with van der Waals surface area (Å²) in [5.74, 6) is -0.922. The minimum Gasteiger partial charge on any atom is -0.406 e. The molecule has 0 bridgehead atoms. The van der Waals surface area contributed by atoms with E-state index in [4.69, 9.17) is 5.26 Å². The van der Waals surface area contributed by atoms with Crippen molar-refractivity contribution in [2.75, 3.05) is 5.43 Å². The van der Waals surface area contributed by atoms with Crippen LogP contribution in [0.2, 0.25) is 0 Å². The lowest BCUT2D eigenvalue weighted by atomic mass is 10.2. The molecule has 1 aromatic heterocycles. The molecule has 0 saturated carbocycles. The van der Waals surface area contributed by atoms with Crippen molar-refractivity contribution in [2.24, 2.45) is 5.10 Å². The Kier molecular flexibility index (Phi) is 4.98. The fraction of sp³-hybridized carbons (Fsp3) is 0.0714. The predicted molar refractivity (Wildman–Crippen MR) is 78.4 cm³/mol. The van der Waals surface area contributed by atoms with E-state index in [1.165, 1.54) is 23.5 Å². The van der Waals surface area contributed by atoms with Gasteiger partial charge in [0, 0.05) is 0 Å². The first-order chi connectivity index (χ1) is 10.9. The number of thiophene rings is 1. The lowest BCUT2D eigenvalue weighted by molar-refractivity contribution is -0.274. The Morgan fingerprint density at radius 3 is 2.48 bits per heavy atom. The molecule has 0 fully saturated rings. The number of Topliss-reactive ketones (excluding diaryl/α,β-unsaturated/α-hetero) is 1. The predicted octanol–water partition coefficient (Wildman–Crippen LogP) is 3.82. The fourth-order valence-electron chi connectivity index (χ4n) is 1.50. The Balaban J connectivity index is 2.06. The van der Waals surface area contributed by atoms with Gasteiger partial charge in [-0.2, -0.15) is 10.4 Å². The van der Waals surface area contributed by atoms with Crippen LogP contribution in [0.3, 0.4) is 0 Å². The first kappa shape index (κ1) is 16.5. The number of ketones is 1. The van der Waals surface area contributed by atoms with Gasteiger partial charge in [-0.25, -0.2) is 0 Å². The summed E-state index contributed by atoms with van der Waals surface area (Å²) in [6, 6.07) is 9.61. The number of nitrogens with zero attached hydrogens (tertiary/aromatic N) is 2. The number of nitrogens with one attached hydrogen (secondary N) is 1. The maximum absolute atomic E-state index is 12.0. The number of carbonyl (C=O) groups is 1. The van der Waals surface area contributed by atoms with Crippen LogP contribution in [0.1, 0.15) is 9.67 Å². The van der Waals surface area contributed by atoms with Gasteiger partial charge in [-0.3, -0.25) is 10.2 Å². The largest absolute Gasteiger partial charge is 0.573 e. The van der Waals surface area contributed by atoms with Gasteiger partial charge in [0.2, 0.25) is 11.5 Å². The fourth-order valence-corrected chi connectivity index (χ4v) is 2.17. The number of hydrogen-bond acceptors (Lipinski definition) is 6. The van der Waals surface area contributed by atoms with E-state index in [0.717, 1.165) is 12.1 Å². The Hall–Kier alpha value is -2.86. The van der Waals surface area contributed by atoms with E-state index in [9.17, 15) is 18.0 Å². The molecular weight excluding hydrogens is 331 g/mol. The summed E-state index contributed by atoms with van der Waals surface area (Å²) in [6.45, 7) is 0. The summed E-state index contributed by atoms with van der Waals surface area (Å²) in [4.78, 5) is 12.3. The van der Waals surface area contributed by atoms with Crippen LogP contribution >= 0.6 is 11.3 Å². The molecule has 0 atom stereocenters. The van der Waals surface area contributed by atoms with Crippen LogP contribution in [0.15, 0.2) is 46.9 Å². The number of rotatable bonds is 5. The smallest absolute Gasteiger partial charge is 0.406 e. The van der Waals surface area contributed by atoms with Crippen molar-refractivity contribution in [1.29, 1.82) is 5.26 Å². The van der Waals surface area contributed by atoms with Crippen LogP contribution in [0.25, 0.3) is 0 Å². The van der Waals surface area contributed by atoms with Gasteiger partial charge in [-0.05, 0) is 35.7 Å². The van der Waals surface area contributed by atoms with Crippen molar-refractivity contribution >= 4 is 28.5 Å². The highest BCUT2D eigenvalue weighted by Crippen LogP contribution is 2.24. The second-order valence-electron chi connectivity index (χ2n) is 4.06. The van der Waals surface area contributed by atoms with Crippen LogP contribution < -0.4 is 10.2 Å². The van der Waals surface area contributed by atoms with Crippen molar-refractivity contribution in [3.8, 4) is 11.8 Å². The second kappa shape index (κ2) is 6.93. The van der Waals surface area contributed by atoms with Gasteiger partial charge < -0.3 is 4.74 Å². The summed E-state index contributed by atoms with van der Waals surface area (Å²) in [6.07, 6.45) is -4.77. The highest BCUT2D eigenvalue weighted by Gasteiger charge is 2.30.